The van der Waals surface area contributed by atoms with Crippen molar-refractivity contribution in [3.63, 3.8) is 0 Å². The Balaban J connectivity index is 1.60. The zero-order valence-electron chi connectivity index (χ0n) is 13.9. The third-order valence-electron chi connectivity index (χ3n) is 4.66. The number of hydrogen-bond acceptors (Lipinski definition) is 5. The fourth-order valence-electron chi connectivity index (χ4n) is 3.48. The first-order chi connectivity index (χ1) is 12.8. The van der Waals surface area contributed by atoms with E-state index in [4.69, 9.17) is 0 Å². The number of imidazole rings is 1. The number of amides is 1. The summed E-state index contributed by atoms with van der Waals surface area (Å²) >= 11 is 1.39. The number of thiazole rings is 1. The number of carbonyl (C=O) groups is 1. The molecule has 5 rings (SSSR count). The van der Waals surface area contributed by atoms with E-state index in [1.807, 2.05) is 42.2 Å². The van der Waals surface area contributed by atoms with Gasteiger partial charge in [0.2, 0.25) is 0 Å². The number of nitrogens with one attached hydrogen (secondary N) is 1. The van der Waals surface area contributed by atoms with Gasteiger partial charge >= 0.3 is 0 Å². The molecule has 1 unspecified atom stereocenters. The lowest BCUT2D eigenvalue weighted by Gasteiger charge is -2.16. The highest BCUT2D eigenvalue weighted by Crippen LogP contribution is 2.28. The normalized spacial score (nSPS) is 14.5. The average Bonchev–Trinajstić information content (AvgIpc) is 3.40. The second-order valence-electron chi connectivity index (χ2n) is 6.27. The van der Waals surface area contributed by atoms with Crippen molar-refractivity contribution in [2.75, 3.05) is 5.32 Å². The summed E-state index contributed by atoms with van der Waals surface area (Å²) in [7, 11) is 0. The summed E-state index contributed by atoms with van der Waals surface area (Å²) in [5.41, 5.74) is 2.74. The lowest BCUT2D eigenvalue weighted by molar-refractivity contribution is -0.118. The van der Waals surface area contributed by atoms with Gasteiger partial charge in [-0.3, -0.25) is 14.8 Å². The summed E-state index contributed by atoms with van der Waals surface area (Å²) in [5, 5.41) is 10.9. The molecule has 130 valence electrons. The summed E-state index contributed by atoms with van der Waals surface area (Å²) in [5.74, 6) is -0.179. The molecule has 8 heteroatoms. The highest BCUT2D eigenvalue weighted by atomic mass is 32.1. The smallest absolute Gasteiger partial charge is 0.257 e. The van der Waals surface area contributed by atoms with Gasteiger partial charge in [-0.1, -0.05) is 18.2 Å². The summed E-state index contributed by atoms with van der Waals surface area (Å²) in [6.45, 7) is 0.949. The highest BCUT2D eigenvalue weighted by molar-refractivity contribution is 7.13. The molecule has 4 heterocycles. The van der Waals surface area contributed by atoms with Crippen LogP contribution < -0.4 is 5.32 Å². The van der Waals surface area contributed by atoms with Gasteiger partial charge in [0, 0.05) is 35.4 Å². The molecule has 3 aromatic heterocycles. The summed E-state index contributed by atoms with van der Waals surface area (Å²) in [6, 6.07) is 7.22. The van der Waals surface area contributed by atoms with Gasteiger partial charge in [-0.15, -0.1) is 11.3 Å². The number of fused-ring (bicyclic) bond motifs is 2. The number of aryl methyl sites for hydroxylation is 1. The van der Waals surface area contributed by atoms with Crippen LogP contribution >= 0.6 is 11.3 Å². The van der Waals surface area contributed by atoms with Crippen molar-refractivity contribution in [1.29, 1.82) is 0 Å². The maximum atomic E-state index is 13.1. The van der Waals surface area contributed by atoms with Crippen molar-refractivity contribution >= 4 is 33.3 Å². The zero-order valence-corrected chi connectivity index (χ0v) is 14.7. The van der Waals surface area contributed by atoms with Crippen molar-refractivity contribution < 1.29 is 4.79 Å². The second kappa shape index (κ2) is 6.06. The Kier molecular flexibility index (Phi) is 3.56. The van der Waals surface area contributed by atoms with Crippen LogP contribution in [0.4, 0.5) is 5.13 Å². The van der Waals surface area contributed by atoms with Crippen molar-refractivity contribution in [3.8, 4) is 0 Å². The molecule has 4 aromatic rings. The summed E-state index contributed by atoms with van der Waals surface area (Å²) < 4.78 is 3.84. The van der Waals surface area contributed by atoms with E-state index in [1.165, 1.54) is 11.3 Å². The predicted octanol–water partition coefficient (Wildman–Crippen LogP) is 2.86. The van der Waals surface area contributed by atoms with E-state index in [2.05, 4.69) is 25.0 Å². The summed E-state index contributed by atoms with van der Waals surface area (Å²) in [4.78, 5) is 21.9. The number of rotatable bonds is 4. The molecule has 0 fully saturated rings. The fraction of sp³-hybridized carbons (Fsp3) is 0.222. The first-order valence-corrected chi connectivity index (χ1v) is 9.36. The van der Waals surface area contributed by atoms with Crippen LogP contribution in [0.25, 0.3) is 10.9 Å². The van der Waals surface area contributed by atoms with Gasteiger partial charge in [0.15, 0.2) is 11.2 Å². The van der Waals surface area contributed by atoms with Crippen molar-refractivity contribution in [1.82, 2.24) is 24.3 Å². The number of aromatic nitrogens is 5. The number of hydrogen-bond donors (Lipinski definition) is 1. The molecule has 1 N–H and O–H groups in total. The van der Waals surface area contributed by atoms with E-state index in [0.717, 1.165) is 41.7 Å². The molecule has 1 atom stereocenters. The number of anilines is 1. The van der Waals surface area contributed by atoms with E-state index < -0.39 is 6.04 Å². The minimum absolute atomic E-state index is 0.179. The van der Waals surface area contributed by atoms with Crippen molar-refractivity contribution in [2.45, 2.75) is 25.4 Å². The van der Waals surface area contributed by atoms with Crippen molar-refractivity contribution in [2.24, 2.45) is 0 Å². The minimum atomic E-state index is -0.624. The van der Waals surface area contributed by atoms with E-state index in [9.17, 15) is 4.79 Å². The largest absolute Gasteiger partial charge is 0.334 e. The van der Waals surface area contributed by atoms with E-state index in [-0.39, 0.29) is 5.91 Å². The molecule has 0 saturated carbocycles. The molecule has 7 nitrogen and oxygen atoms in total. The molecule has 0 spiro atoms. The molecule has 1 aliphatic rings. The van der Waals surface area contributed by atoms with Crippen LogP contribution in [-0.2, 0) is 17.8 Å². The van der Waals surface area contributed by atoms with Gasteiger partial charge in [0.25, 0.3) is 5.91 Å². The lowest BCUT2D eigenvalue weighted by Crippen LogP contribution is -2.28. The van der Waals surface area contributed by atoms with Gasteiger partial charge in [-0.05, 0) is 18.9 Å². The lowest BCUT2D eigenvalue weighted by atomic mass is 10.1. The Labute approximate surface area is 153 Å². The maximum Gasteiger partial charge on any atom is 0.257 e. The first kappa shape index (κ1) is 15.3. The van der Waals surface area contributed by atoms with Crippen LogP contribution in [-0.4, -0.2) is 30.2 Å². The standard InChI is InChI=1S/C18H16N6OS/c25-17(21-18-19-7-9-26-18)16(15-14-6-3-8-23(14)11-20-15)24-10-12-4-1-2-5-13(12)22-24/h1-2,4-5,7,9-11,16H,3,6,8H2,(H,19,21,25). The van der Waals surface area contributed by atoms with E-state index in [1.54, 1.807) is 10.9 Å². The van der Waals surface area contributed by atoms with Gasteiger partial charge in [0.1, 0.15) is 0 Å². The third kappa shape index (κ3) is 2.50. The maximum absolute atomic E-state index is 13.1. The van der Waals surface area contributed by atoms with Crippen LogP contribution in [0.5, 0.6) is 0 Å². The zero-order chi connectivity index (χ0) is 17.5. The third-order valence-corrected chi connectivity index (χ3v) is 5.35. The van der Waals surface area contributed by atoms with Crippen LogP contribution in [0.3, 0.4) is 0 Å². The second-order valence-corrected chi connectivity index (χ2v) is 7.16. The van der Waals surface area contributed by atoms with Gasteiger partial charge in [-0.2, -0.15) is 5.10 Å². The van der Waals surface area contributed by atoms with Crippen LogP contribution in [0.1, 0.15) is 23.9 Å². The Morgan fingerprint density at radius 1 is 1.27 bits per heavy atom. The topological polar surface area (TPSA) is 77.6 Å². The molecular weight excluding hydrogens is 348 g/mol. The number of carbonyl (C=O) groups excluding carboxylic acids is 1. The molecule has 0 radical (unpaired) electrons. The quantitative estimate of drug-likeness (QED) is 0.604. The Hall–Kier alpha value is -3.00. The molecule has 0 aliphatic carbocycles. The molecule has 0 saturated heterocycles. The number of nitrogens with zero attached hydrogens (tertiary/aromatic N) is 5. The van der Waals surface area contributed by atoms with Crippen LogP contribution in [0, 0.1) is 0 Å². The SMILES string of the molecule is O=C(Nc1nccs1)C(c1ncn2c1CCC2)n1cc2ccccc2n1. The molecule has 1 amide bonds. The Morgan fingerprint density at radius 3 is 3.04 bits per heavy atom. The Bertz CT molecular complexity index is 1050. The highest BCUT2D eigenvalue weighted by Gasteiger charge is 2.31. The van der Waals surface area contributed by atoms with Gasteiger partial charge in [0.05, 0.1) is 17.5 Å². The molecule has 1 aromatic carbocycles. The van der Waals surface area contributed by atoms with Gasteiger partial charge in [-0.25, -0.2) is 9.97 Å². The molecule has 0 bridgehead atoms. The molecular formula is C18H16N6OS. The Morgan fingerprint density at radius 2 is 2.19 bits per heavy atom. The number of benzene rings is 1. The van der Waals surface area contributed by atoms with Crippen LogP contribution in [0.2, 0.25) is 0 Å². The van der Waals surface area contributed by atoms with E-state index in [0.29, 0.717) is 5.13 Å². The van der Waals surface area contributed by atoms with E-state index >= 15 is 0 Å². The predicted molar refractivity (Wildman–Crippen MR) is 99.2 cm³/mol. The van der Waals surface area contributed by atoms with Crippen LogP contribution in [0.15, 0.2) is 48.4 Å². The molecule has 1 aliphatic heterocycles. The average molecular weight is 364 g/mol. The molecule has 26 heavy (non-hydrogen) atoms. The van der Waals surface area contributed by atoms with Gasteiger partial charge < -0.3 is 4.57 Å². The van der Waals surface area contributed by atoms with Crippen molar-refractivity contribution in [3.05, 3.63) is 59.8 Å². The first-order valence-electron chi connectivity index (χ1n) is 8.48. The summed E-state index contributed by atoms with van der Waals surface area (Å²) in [6.07, 6.45) is 7.41. The minimum Gasteiger partial charge on any atom is -0.334 e. The fourth-order valence-corrected chi connectivity index (χ4v) is 4.01. The monoisotopic (exact) mass is 364 g/mol.